The van der Waals surface area contributed by atoms with Crippen LogP contribution in [0.2, 0.25) is 0 Å². The molecule has 2 rings (SSSR count). The van der Waals surface area contributed by atoms with Gasteiger partial charge in [-0.25, -0.2) is 4.39 Å². The molecule has 1 amide bonds. The fourth-order valence-electron chi connectivity index (χ4n) is 1.82. The lowest BCUT2D eigenvalue weighted by atomic mass is 10.1. The van der Waals surface area contributed by atoms with Crippen molar-refractivity contribution in [2.24, 2.45) is 5.73 Å². The van der Waals surface area contributed by atoms with Gasteiger partial charge in [-0.15, -0.1) is 0 Å². The molecule has 2 aromatic rings. The third-order valence-electron chi connectivity index (χ3n) is 3.00. The maximum Gasteiger partial charge on any atom is 0.248 e. The molecule has 104 valence electrons. The van der Waals surface area contributed by atoms with Crippen LogP contribution < -0.4 is 11.1 Å². The minimum atomic E-state index is -0.634. The van der Waals surface area contributed by atoms with Crippen molar-refractivity contribution in [3.8, 4) is 0 Å². The Morgan fingerprint density at radius 3 is 2.75 bits per heavy atom. The summed E-state index contributed by atoms with van der Waals surface area (Å²) in [5.74, 6) is -1.08. The molecule has 0 saturated heterocycles. The molecule has 2 aromatic carbocycles. The Bertz CT molecular complexity index is 658. The smallest absolute Gasteiger partial charge is 0.248 e. The van der Waals surface area contributed by atoms with Crippen LogP contribution in [-0.2, 0) is 6.54 Å². The van der Waals surface area contributed by atoms with Crippen molar-refractivity contribution in [1.29, 1.82) is 0 Å². The van der Waals surface area contributed by atoms with Crippen LogP contribution in [0.5, 0.6) is 0 Å². The van der Waals surface area contributed by atoms with E-state index in [-0.39, 0.29) is 5.56 Å². The van der Waals surface area contributed by atoms with Crippen molar-refractivity contribution in [2.75, 3.05) is 5.32 Å². The quantitative estimate of drug-likeness (QED) is 0.896. The lowest BCUT2D eigenvalue weighted by molar-refractivity contribution is 0.1000. The number of carbonyl (C=O) groups excluding carboxylic acids is 1. The second kappa shape index (κ2) is 6.05. The van der Waals surface area contributed by atoms with E-state index in [1.165, 1.54) is 6.07 Å². The predicted molar refractivity (Wildman–Crippen MR) is 81.1 cm³/mol. The van der Waals surface area contributed by atoms with Crippen LogP contribution >= 0.6 is 15.9 Å². The third kappa shape index (κ3) is 3.17. The Morgan fingerprint density at radius 2 is 2.10 bits per heavy atom. The standard InChI is InChI=1S/C15H14BrFN2O/c1-9-3-2-4-13(14(9)16)19-8-11-6-5-10(15(18)20)7-12(11)17/h2-7,19H,8H2,1H3,(H2,18,20). The van der Waals surface area contributed by atoms with Gasteiger partial charge in [0.05, 0.1) is 0 Å². The van der Waals surface area contributed by atoms with Crippen LogP contribution in [0, 0.1) is 12.7 Å². The first-order valence-electron chi connectivity index (χ1n) is 6.06. The number of carbonyl (C=O) groups is 1. The number of rotatable bonds is 4. The second-order valence-corrected chi connectivity index (χ2v) is 5.25. The normalized spacial score (nSPS) is 10.3. The maximum atomic E-state index is 13.8. The maximum absolute atomic E-state index is 13.8. The Kier molecular flexibility index (Phi) is 4.39. The molecule has 0 aromatic heterocycles. The molecule has 3 nitrogen and oxygen atoms in total. The van der Waals surface area contributed by atoms with Crippen LogP contribution in [0.25, 0.3) is 0 Å². The third-order valence-corrected chi connectivity index (χ3v) is 4.05. The molecule has 0 spiro atoms. The summed E-state index contributed by atoms with van der Waals surface area (Å²) in [5.41, 5.74) is 7.74. The number of benzene rings is 2. The Balaban J connectivity index is 2.15. The summed E-state index contributed by atoms with van der Waals surface area (Å²) in [7, 11) is 0. The van der Waals surface area contributed by atoms with E-state index in [0.29, 0.717) is 12.1 Å². The number of hydrogen-bond donors (Lipinski definition) is 2. The SMILES string of the molecule is Cc1cccc(NCc2ccc(C(N)=O)cc2F)c1Br. The van der Waals surface area contributed by atoms with E-state index in [4.69, 9.17) is 5.73 Å². The molecular formula is C15H14BrFN2O. The molecule has 0 saturated carbocycles. The lowest BCUT2D eigenvalue weighted by Crippen LogP contribution is -2.12. The largest absolute Gasteiger partial charge is 0.380 e. The number of primary amides is 1. The van der Waals surface area contributed by atoms with Gasteiger partial charge in [0.25, 0.3) is 0 Å². The van der Waals surface area contributed by atoms with Gasteiger partial charge in [0, 0.05) is 27.8 Å². The number of hydrogen-bond acceptors (Lipinski definition) is 2. The van der Waals surface area contributed by atoms with Gasteiger partial charge in [-0.05, 0) is 46.6 Å². The molecule has 0 aliphatic heterocycles. The van der Waals surface area contributed by atoms with E-state index in [0.717, 1.165) is 21.8 Å². The summed E-state index contributed by atoms with van der Waals surface area (Å²) in [6.45, 7) is 2.31. The van der Waals surface area contributed by atoms with Gasteiger partial charge >= 0.3 is 0 Å². The minimum absolute atomic E-state index is 0.169. The highest BCUT2D eigenvalue weighted by molar-refractivity contribution is 9.10. The molecule has 0 unspecified atom stereocenters. The van der Waals surface area contributed by atoms with Crippen LogP contribution in [0.4, 0.5) is 10.1 Å². The highest BCUT2D eigenvalue weighted by atomic mass is 79.9. The zero-order valence-electron chi connectivity index (χ0n) is 10.9. The lowest BCUT2D eigenvalue weighted by Gasteiger charge is -2.11. The van der Waals surface area contributed by atoms with E-state index < -0.39 is 11.7 Å². The number of nitrogens with one attached hydrogen (secondary N) is 1. The molecule has 5 heteroatoms. The fourth-order valence-corrected chi connectivity index (χ4v) is 2.22. The summed E-state index contributed by atoms with van der Waals surface area (Å²) in [4.78, 5) is 11.0. The summed E-state index contributed by atoms with van der Waals surface area (Å²) in [6, 6.07) is 10.1. The van der Waals surface area contributed by atoms with Crippen LogP contribution in [0.15, 0.2) is 40.9 Å². The zero-order valence-corrected chi connectivity index (χ0v) is 12.5. The fraction of sp³-hybridized carbons (Fsp3) is 0.133. The van der Waals surface area contributed by atoms with Gasteiger partial charge in [0.15, 0.2) is 0 Å². The van der Waals surface area contributed by atoms with Gasteiger partial charge in [0.1, 0.15) is 5.82 Å². The number of aryl methyl sites for hydroxylation is 1. The predicted octanol–water partition coefficient (Wildman–Crippen LogP) is 3.61. The van der Waals surface area contributed by atoms with E-state index in [1.54, 1.807) is 6.07 Å². The van der Waals surface area contributed by atoms with Crippen LogP contribution in [-0.4, -0.2) is 5.91 Å². The van der Waals surface area contributed by atoms with Crippen LogP contribution in [0.3, 0.4) is 0 Å². The molecular weight excluding hydrogens is 323 g/mol. The van der Waals surface area contributed by atoms with Gasteiger partial charge in [-0.3, -0.25) is 4.79 Å². The van der Waals surface area contributed by atoms with Crippen LogP contribution in [0.1, 0.15) is 21.5 Å². The molecule has 20 heavy (non-hydrogen) atoms. The average molecular weight is 337 g/mol. The number of halogens is 2. The molecule has 3 N–H and O–H groups in total. The topological polar surface area (TPSA) is 55.1 Å². The second-order valence-electron chi connectivity index (χ2n) is 4.46. The monoisotopic (exact) mass is 336 g/mol. The van der Waals surface area contributed by atoms with Gasteiger partial charge in [-0.2, -0.15) is 0 Å². The molecule has 0 aliphatic carbocycles. The first-order valence-corrected chi connectivity index (χ1v) is 6.85. The van der Waals surface area contributed by atoms with Crippen molar-refractivity contribution in [3.63, 3.8) is 0 Å². The molecule has 0 fully saturated rings. The van der Waals surface area contributed by atoms with Gasteiger partial charge < -0.3 is 11.1 Å². The first kappa shape index (κ1) is 14.5. The highest BCUT2D eigenvalue weighted by Gasteiger charge is 2.08. The van der Waals surface area contributed by atoms with E-state index in [2.05, 4.69) is 21.2 Å². The average Bonchev–Trinajstić information content (AvgIpc) is 2.41. The van der Waals surface area contributed by atoms with Crippen molar-refractivity contribution in [1.82, 2.24) is 0 Å². The highest BCUT2D eigenvalue weighted by Crippen LogP contribution is 2.26. The van der Waals surface area contributed by atoms with E-state index in [1.807, 2.05) is 25.1 Å². The molecule has 0 atom stereocenters. The Hall–Kier alpha value is -1.88. The van der Waals surface area contributed by atoms with Crippen molar-refractivity contribution < 1.29 is 9.18 Å². The summed E-state index contributed by atoms with van der Waals surface area (Å²) >= 11 is 3.49. The Morgan fingerprint density at radius 1 is 1.35 bits per heavy atom. The molecule has 0 aliphatic rings. The first-order chi connectivity index (χ1) is 9.49. The molecule has 0 bridgehead atoms. The van der Waals surface area contributed by atoms with E-state index >= 15 is 0 Å². The number of amides is 1. The Labute approximate surface area is 125 Å². The number of nitrogens with two attached hydrogens (primary N) is 1. The van der Waals surface area contributed by atoms with Crippen molar-refractivity contribution in [3.05, 3.63) is 63.4 Å². The van der Waals surface area contributed by atoms with E-state index in [9.17, 15) is 9.18 Å². The number of anilines is 1. The van der Waals surface area contributed by atoms with Gasteiger partial charge in [0.2, 0.25) is 5.91 Å². The summed E-state index contributed by atoms with van der Waals surface area (Å²) in [6.07, 6.45) is 0. The molecule has 0 radical (unpaired) electrons. The van der Waals surface area contributed by atoms with Crippen molar-refractivity contribution in [2.45, 2.75) is 13.5 Å². The van der Waals surface area contributed by atoms with Crippen molar-refractivity contribution >= 4 is 27.5 Å². The molecule has 0 heterocycles. The van der Waals surface area contributed by atoms with Gasteiger partial charge in [-0.1, -0.05) is 18.2 Å². The summed E-state index contributed by atoms with van der Waals surface area (Å²) in [5, 5.41) is 3.16. The summed E-state index contributed by atoms with van der Waals surface area (Å²) < 4.78 is 14.8. The minimum Gasteiger partial charge on any atom is -0.380 e. The zero-order chi connectivity index (χ0) is 14.7.